The van der Waals surface area contributed by atoms with Crippen LogP contribution in [0.5, 0.6) is 0 Å². The second-order valence-corrected chi connectivity index (χ2v) is 6.85. The molecule has 0 radical (unpaired) electrons. The summed E-state index contributed by atoms with van der Waals surface area (Å²) in [5.41, 5.74) is 3.44. The van der Waals surface area contributed by atoms with Crippen LogP contribution in [0.1, 0.15) is 20.3 Å². The Balaban J connectivity index is 1.71. The first kappa shape index (κ1) is 19.4. The molecule has 3 rings (SSSR count). The van der Waals surface area contributed by atoms with E-state index in [9.17, 15) is 4.79 Å². The summed E-state index contributed by atoms with van der Waals surface area (Å²) in [6.07, 6.45) is 0.879. The average Bonchev–Trinajstić information content (AvgIpc) is 3.18. The highest BCUT2D eigenvalue weighted by Crippen LogP contribution is 2.25. The molecule has 0 aliphatic rings. The predicted molar refractivity (Wildman–Crippen MR) is 111 cm³/mol. The van der Waals surface area contributed by atoms with E-state index in [1.807, 2.05) is 81.4 Å². The van der Waals surface area contributed by atoms with E-state index in [4.69, 9.17) is 4.52 Å². The standard InChI is InChI=1S/C21H25N5O2/c1-5-14(2)22-21(27)23-17-11-9-15(10-12-17)19-24-20(28-25-19)16-7-6-8-18(13-16)26(3)4/h6-14H,5H2,1-4H3,(H2,22,23,27)/t14-/m0/s1. The van der Waals surface area contributed by atoms with E-state index in [0.717, 1.165) is 23.2 Å². The number of aromatic nitrogens is 2. The first-order valence-corrected chi connectivity index (χ1v) is 9.25. The summed E-state index contributed by atoms with van der Waals surface area (Å²) in [7, 11) is 3.97. The minimum Gasteiger partial charge on any atom is -0.378 e. The number of nitrogens with zero attached hydrogens (tertiary/aromatic N) is 3. The summed E-state index contributed by atoms with van der Waals surface area (Å²) in [6.45, 7) is 3.99. The quantitative estimate of drug-likeness (QED) is 0.664. The Morgan fingerprint density at radius 1 is 1.14 bits per heavy atom. The van der Waals surface area contributed by atoms with Crippen molar-refractivity contribution in [3.8, 4) is 22.8 Å². The highest BCUT2D eigenvalue weighted by Gasteiger charge is 2.12. The van der Waals surface area contributed by atoms with Gasteiger partial charge in [-0.25, -0.2) is 4.79 Å². The van der Waals surface area contributed by atoms with Crippen molar-refractivity contribution < 1.29 is 9.32 Å². The molecule has 0 unspecified atom stereocenters. The summed E-state index contributed by atoms with van der Waals surface area (Å²) in [5.74, 6) is 0.967. The number of hydrogen-bond acceptors (Lipinski definition) is 5. The smallest absolute Gasteiger partial charge is 0.319 e. The van der Waals surface area contributed by atoms with Crippen LogP contribution in [0, 0.1) is 0 Å². The van der Waals surface area contributed by atoms with Crippen LogP contribution in [0.15, 0.2) is 53.1 Å². The zero-order chi connectivity index (χ0) is 20.1. The summed E-state index contributed by atoms with van der Waals surface area (Å²) in [6, 6.07) is 15.2. The van der Waals surface area contributed by atoms with Gasteiger partial charge in [0, 0.05) is 42.6 Å². The van der Waals surface area contributed by atoms with Crippen molar-refractivity contribution in [3.63, 3.8) is 0 Å². The van der Waals surface area contributed by atoms with Gasteiger partial charge in [-0.15, -0.1) is 0 Å². The van der Waals surface area contributed by atoms with Crippen molar-refractivity contribution in [2.45, 2.75) is 26.3 Å². The van der Waals surface area contributed by atoms with Crippen molar-refractivity contribution >= 4 is 17.4 Å². The number of carbonyl (C=O) groups excluding carboxylic acids is 1. The van der Waals surface area contributed by atoms with Gasteiger partial charge in [-0.3, -0.25) is 0 Å². The first-order valence-electron chi connectivity index (χ1n) is 9.25. The van der Waals surface area contributed by atoms with E-state index in [1.54, 1.807) is 0 Å². The summed E-state index contributed by atoms with van der Waals surface area (Å²) in [5, 5.41) is 9.76. The lowest BCUT2D eigenvalue weighted by molar-refractivity contribution is 0.249. The van der Waals surface area contributed by atoms with Gasteiger partial charge in [0.1, 0.15) is 0 Å². The summed E-state index contributed by atoms with van der Waals surface area (Å²) < 4.78 is 5.43. The zero-order valence-electron chi connectivity index (χ0n) is 16.6. The van der Waals surface area contributed by atoms with Crippen molar-refractivity contribution in [1.82, 2.24) is 15.5 Å². The molecular weight excluding hydrogens is 354 g/mol. The predicted octanol–water partition coefficient (Wildman–Crippen LogP) is 4.39. The molecule has 7 nitrogen and oxygen atoms in total. The number of urea groups is 1. The molecule has 1 atom stereocenters. The molecule has 1 heterocycles. The topological polar surface area (TPSA) is 83.3 Å². The van der Waals surface area contributed by atoms with Crippen LogP contribution >= 0.6 is 0 Å². The van der Waals surface area contributed by atoms with Crippen LogP contribution in [0.2, 0.25) is 0 Å². The Bertz CT molecular complexity index is 934. The molecule has 0 aliphatic heterocycles. The zero-order valence-corrected chi connectivity index (χ0v) is 16.6. The largest absolute Gasteiger partial charge is 0.378 e. The molecule has 7 heteroatoms. The minimum absolute atomic E-state index is 0.128. The van der Waals surface area contributed by atoms with Crippen LogP contribution < -0.4 is 15.5 Å². The van der Waals surface area contributed by atoms with Gasteiger partial charge in [-0.2, -0.15) is 4.98 Å². The van der Waals surface area contributed by atoms with Gasteiger partial charge >= 0.3 is 6.03 Å². The first-order chi connectivity index (χ1) is 13.5. The van der Waals surface area contributed by atoms with Crippen LogP contribution in [0.3, 0.4) is 0 Å². The molecular formula is C21H25N5O2. The summed E-state index contributed by atoms with van der Waals surface area (Å²) >= 11 is 0. The minimum atomic E-state index is -0.218. The molecule has 2 N–H and O–H groups in total. The van der Waals surface area contributed by atoms with E-state index < -0.39 is 0 Å². The Morgan fingerprint density at radius 2 is 1.89 bits per heavy atom. The third kappa shape index (κ3) is 4.68. The fourth-order valence-electron chi connectivity index (χ4n) is 2.57. The highest BCUT2D eigenvalue weighted by atomic mass is 16.5. The Labute approximate surface area is 164 Å². The van der Waals surface area contributed by atoms with Crippen molar-refractivity contribution in [1.29, 1.82) is 0 Å². The molecule has 0 saturated carbocycles. The molecule has 146 valence electrons. The summed E-state index contributed by atoms with van der Waals surface area (Å²) in [4.78, 5) is 18.4. The SMILES string of the molecule is CC[C@H](C)NC(=O)Nc1ccc(-c2noc(-c3cccc(N(C)C)c3)n2)cc1. The molecule has 2 amide bonds. The number of nitrogens with one attached hydrogen (secondary N) is 2. The third-order valence-corrected chi connectivity index (χ3v) is 4.43. The maximum atomic E-state index is 11.9. The van der Waals surface area contributed by atoms with Gasteiger partial charge in [0.15, 0.2) is 0 Å². The Kier molecular flexibility index (Phi) is 5.93. The maximum absolute atomic E-state index is 11.9. The Morgan fingerprint density at radius 3 is 2.57 bits per heavy atom. The van der Waals surface area contributed by atoms with E-state index in [1.165, 1.54) is 0 Å². The fourth-order valence-corrected chi connectivity index (χ4v) is 2.57. The lowest BCUT2D eigenvalue weighted by Gasteiger charge is -2.12. The number of rotatable bonds is 6. The molecule has 28 heavy (non-hydrogen) atoms. The molecule has 0 aliphatic carbocycles. The number of hydrogen-bond donors (Lipinski definition) is 2. The molecule has 0 fully saturated rings. The van der Waals surface area contributed by atoms with Crippen LogP contribution in [0.25, 0.3) is 22.8 Å². The number of carbonyl (C=O) groups is 1. The van der Waals surface area contributed by atoms with Gasteiger partial charge in [-0.05, 0) is 55.8 Å². The van der Waals surface area contributed by atoms with Gasteiger partial charge in [0.2, 0.25) is 5.82 Å². The number of amides is 2. The van der Waals surface area contributed by atoms with Crippen molar-refractivity contribution in [3.05, 3.63) is 48.5 Å². The van der Waals surface area contributed by atoms with Crippen molar-refractivity contribution in [2.75, 3.05) is 24.3 Å². The van der Waals surface area contributed by atoms with Gasteiger partial charge in [0.05, 0.1) is 0 Å². The molecule has 0 spiro atoms. The molecule has 0 bridgehead atoms. The lowest BCUT2D eigenvalue weighted by atomic mass is 10.2. The van der Waals surface area contributed by atoms with E-state index in [2.05, 4.69) is 20.8 Å². The van der Waals surface area contributed by atoms with E-state index in [0.29, 0.717) is 17.4 Å². The van der Waals surface area contributed by atoms with E-state index >= 15 is 0 Å². The third-order valence-electron chi connectivity index (χ3n) is 4.43. The van der Waals surface area contributed by atoms with Gasteiger partial charge < -0.3 is 20.1 Å². The molecule has 3 aromatic rings. The highest BCUT2D eigenvalue weighted by molar-refractivity contribution is 5.89. The second kappa shape index (κ2) is 8.56. The van der Waals surface area contributed by atoms with Crippen LogP contribution in [-0.2, 0) is 0 Å². The molecule has 1 aromatic heterocycles. The van der Waals surface area contributed by atoms with E-state index in [-0.39, 0.29) is 12.1 Å². The second-order valence-electron chi connectivity index (χ2n) is 6.85. The molecule has 2 aromatic carbocycles. The average molecular weight is 379 g/mol. The van der Waals surface area contributed by atoms with Gasteiger partial charge in [-0.1, -0.05) is 18.1 Å². The van der Waals surface area contributed by atoms with Gasteiger partial charge in [0.25, 0.3) is 5.89 Å². The normalized spacial score (nSPS) is 11.7. The van der Waals surface area contributed by atoms with Crippen LogP contribution in [-0.4, -0.2) is 36.3 Å². The number of benzene rings is 2. The number of anilines is 2. The monoisotopic (exact) mass is 379 g/mol. The van der Waals surface area contributed by atoms with Crippen LogP contribution in [0.4, 0.5) is 16.2 Å². The maximum Gasteiger partial charge on any atom is 0.319 e. The Hall–Kier alpha value is -3.35. The van der Waals surface area contributed by atoms with Crippen molar-refractivity contribution in [2.24, 2.45) is 0 Å². The molecule has 0 saturated heterocycles. The fraction of sp³-hybridized carbons (Fsp3) is 0.286. The lowest BCUT2D eigenvalue weighted by Crippen LogP contribution is -2.35.